The predicted octanol–water partition coefficient (Wildman–Crippen LogP) is 3.86. The summed E-state index contributed by atoms with van der Waals surface area (Å²) in [7, 11) is 0. The molecule has 1 spiro atoms. The molecule has 0 aromatic carbocycles. The highest BCUT2D eigenvalue weighted by atomic mass is 79.9. The molecule has 3 rings (SSSR count). The summed E-state index contributed by atoms with van der Waals surface area (Å²) in [6.45, 7) is 0.890. The number of hydrogen-bond acceptors (Lipinski definition) is 3. The molecule has 1 saturated heterocycles. The monoisotopic (exact) mass is 315 g/mol. The fraction of sp³-hybridized carbons (Fsp3) is 0.692. The van der Waals surface area contributed by atoms with Gasteiger partial charge in [0.2, 0.25) is 0 Å². The van der Waals surface area contributed by atoms with E-state index in [1.54, 1.807) is 11.3 Å². The molecule has 2 aliphatic rings. The zero-order chi connectivity index (χ0) is 11.9. The van der Waals surface area contributed by atoms with Crippen LogP contribution in [0.5, 0.6) is 0 Å². The molecule has 1 aromatic heterocycles. The van der Waals surface area contributed by atoms with Crippen LogP contribution >= 0.6 is 27.3 Å². The standard InChI is InChI=1S/C13H18BrNOS/c14-10-3-7-17-12(10)11(15)9-2-6-16-13(8-9)4-1-5-13/h3,7,9,11H,1-2,4-6,8,15H2. The third-order valence-corrected chi connectivity index (χ3v) is 6.22. The molecule has 94 valence electrons. The first-order valence-corrected chi connectivity index (χ1v) is 8.00. The van der Waals surface area contributed by atoms with Gasteiger partial charge in [0.05, 0.1) is 5.60 Å². The van der Waals surface area contributed by atoms with Crippen LogP contribution in [-0.2, 0) is 4.74 Å². The van der Waals surface area contributed by atoms with Crippen molar-refractivity contribution in [3.8, 4) is 0 Å². The van der Waals surface area contributed by atoms with E-state index >= 15 is 0 Å². The molecule has 17 heavy (non-hydrogen) atoms. The molecule has 1 aliphatic carbocycles. The van der Waals surface area contributed by atoms with Crippen molar-refractivity contribution in [2.24, 2.45) is 11.7 Å². The number of thiophene rings is 1. The Hall–Kier alpha value is 0.1000. The van der Waals surface area contributed by atoms with Crippen molar-refractivity contribution in [2.75, 3.05) is 6.61 Å². The Labute approximate surface area is 115 Å². The van der Waals surface area contributed by atoms with Gasteiger partial charge in [0.25, 0.3) is 0 Å². The van der Waals surface area contributed by atoms with Crippen LogP contribution in [0.2, 0.25) is 0 Å². The lowest BCUT2D eigenvalue weighted by Gasteiger charge is -2.48. The third kappa shape index (κ3) is 2.21. The van der Waals surface area contributed by atoms with E-state index in [1.807, 2.05) is 0 Å². The second-order valence-electron chi connectivity index (χ2n) is 5.30. The van der Waals surface area contributed by atoms with Crippen LogP contribution in [0.15, 0.2) is 15.9 Å². The first-order valence-electron chi connectivity index (χ1n) is 6.33. The van der Waals surface area contributed by atoms with Gasteiger partial charge in [-0.25, -0.2) is 0 Å². The zero-order valence-corrected chi connectivity index (χ0v) is 12.2. The lowest BCUT2D eigenvalue weighted by Crippen LogP contribution is -2.47. The van der Waals surface area contributed by atoms with Crippen LogP contribution < -0.4 is 5.73 Å². The van der Waals surface area contributed by atoms with Crippen molar-refractivity contribution in [3.05, 3.63) is 20.8 Å². The Morgan fingerprint density at radius 2 is 2.35 bits per heavy atom. The van der Waals surface area contributed by atoms with Gasteiger partial charge < -0.3 is 10.5 Å². The van der Waals surface area contributed by atoms with Crippen molar-refractivity contribution in [3.63, 3.8) is 0 Å². The zero-order valence-electron chi connectivity index (χ0n) is 9.82. The van der Waals surface area contributed by atoms with Crippen LogP contribution in [-0.4, -0.2) is 12.2 Å². The summed E-state index contributed by atoms with van der Waals surface area (Å²) in [5.41, 5.74) is 6.64. The molecule has 2 fully saturated rings. The van der Waals surface area contributed by atoms with Gasteiger partial charge in [0.15, 0.2) is 0 Å². The quantitative estimate of drug-likeness (QED) is 0.899. The Morgan fingerprint density at radius 3 is 2.94 bits per heavy atom. The molecule has 1 aromatic rings. The molecule has 1 saturated carbocycles. The molecule has 2 unspecified atom stereocenters. The normalized spacial score (nSPS) is 28.9. The molecule has 2 heterocycles. The number of halogens is 1. The van der Waals surface area contributed by atoms with Gasteiger partial charge in [0, 0.05) is 22.0 Å². The average molecular weight is 316 g/mol. The Bertz CT molecular complexity index is 402. The molecule has 0 amide bonds. The lowest BCUT2D eigenvalue weighted by atomic mass is 9.70. The molecular formula is C13H18BrNOS. The number of nitrogens with two attached hydrogens (primary N) is 1. The van der Waals surface area contributed by atoms with Gasteiger partial charge in [-0.2, -0.15) is 0 Å². The molecule has 2 nitrogen and oxygen atoms in total. The van der Waals surface area contributed by atoms with Gasteiger partial charge in [-0.15, -0.1) is 11.3 Å². The van der Waals surface area contributed by atoms with Crippen LogP contribution in [0, 0.1) is 5.92 Å². The highest BCUT2D eigenvalue weighted by Gasteiger charge is 2.44. The highest BCUT2D eigenvalue weighted by Crippen LogP contribution is 2.47. The maximum Gasteiger partial charge on any atom is 0.0686 e. The van der Waals surface area contributed by atoms with Crippen LogP contribution in [0.3, 0.4) is 0 Å². The number of rotatable bonds is 2. The summed E-state index contributed by atoms with van der Waals surface area (Å²) in [4.78, 5) is 1.30. The van der Waals surface area contributed by atoms with E-state index in [1.165, 1.54) is 28.6 Å². The van der Waals surface area contributed by atoms with E-state index in [2.05, 4.69) is 27.4 Å². The number of hydrogen-bond donors (Lipinski definition) is 1. The smallest absolute Gasteiger partial charge is 0.0686 e. The van der Waals surface area contributed by atoms with E-state index in [0.717, 1.165) is 19.4 Å². The summed E-state index contributed by atoms with van der Waals surface area (Å²) in [5.74, 6) is 0.582. The van der Waals surface area contributed by atoms with E-state index in [4.69, 9.17) is 10.5 Å². The molecular weight excluding hydrogens is 298 g/mol. The second kappa shape index (κ2) is 4.65. The van der Waals surface area contributed by atoms with E-state index in [9.17, 15) is 0 Å². The average Bonchev–Trinajstić information content (AvgIpc) is 2.73. The fourth-order valence-electron chi connectivity index (χ4n) is 3.05. The first kappa shape index (κ1) is 12.2. The summed E-state index contributed by atoms with van der Waals surface area (Å²) in [5, 5.41) is 2.11. The van der Waals surface area contributed by atoms with Crippen molar-refractivity contribution in [2.45, 2.75) is 43.7 Å². The summed E-state index contributed by atoms with van der Waals surface area (Å²) >= 11 is 5.36. The minimum Gasteiger partial charge on any atom is -0.375 e. The second-order valence-corrected chi connectivity index (χ2v) is 7.10. The Balaban J connectivity index is 1.73. The van der Waals surface area contributed by atoms with Crippen molar-refractivity contribution < 1.29 is 4.74 Å². The molecule has 2 N–H and O–H groups in total. The van der Waals surface area contributed by atoms with E-state index in [-0.39, 0.29) is 11.6 Å². The van der Waals surface area contributed by atoms with Crippen molar-refractivity contribution >= 4 is 27.3 Å². The topological polar surface area (TPSA) is 35.2 Å². The van der Waals surface area contributed by atoms with E-state index in [0.29, 0.717) is 5.92 Å². The lowest BCUT2D eigenvalue weighted by molar-refractivity contribution is -0.146. The molecule has 0 bridgehead atoms. The Morgan fingerprint density at radius 1 is 1.53 bits per heavy atom. The maximum atomic E-state index is 6.44. The Kier molecular flexibility index (Phi) is 3.32. The SMILES string of the molecule is NC(c1sccc1Br)C1CCOC2(CCC2)C1. The van der Waals surface area contributed by atoms with Crippen molar-refractivity contribution in [1.29, 1.82) is 0 Å². The molecule has 4 heteroatoms. The van der Waals surface area contributed by atoms with Crippen LogP contribution in [0.25, 0.3) is 0 Å². The van der Waals surface area contributed by atoms with Crippen LogP contribution in [0.1, 0.15) is 43.0 Å². The maximum absolute atomic E-state index is 6.44. The van der Waals surface area contributed by atoms with Crippen LogP contribution in [0.4, 0.5) is 0 Å². The third-order valence-electron chi connectivity index (χ3n) is 4.25. The molecule has 0 radical (unpaired) electrons. The predicted molar refractivity (Wildman–Crippen MR) is 74.2 cm³/mol. The van der Waals surface area contributed by atoms with Gasteiger partial charge in [-0.1, -0.05) is 0 Å². The van der Waals surface area contributed by atoms with Gasteiger partial charge in [-0.05, 0) is 65.4 Å². The highest BCUT2D eigenvalue weighted by molar-refractivity contribution is 9.10. The van der Waals surface area contributed by atoms with Gasteiger partial charge >= 0.3 is 0 Å². The van der Waals surface area contributed by atoms with E-state index < -0.39 is 0 Å². The van der Waals surface area contributed by atoms with Gasteiger partial charge in [0.1, 0.15) is 0 Å². The largest absolute Gasteiger partial charge is 0.375 e. The van der Waals surface area contributed by atoms with Gasteiger partial charge in [-0.3, -0.25) is 0 Å². The molecule has 2 atom stereocenters. The minimum absolute atomic E-state index is 0.172. The summed E-state index contributed by atoms with van der Waals surface area (Å²) in [6, 6.07) is 2.27. The first-order chi connectivity index (χ1) is 8.20. The van der Waals surface area contributed by atoms with Crippen molar-refractivity contribution in [1.82, 2.24) is 0 Å². The minimum atomic E-state index is 0.172. The summed E-state index contributed by atoms with van der Waals surface area (Å²) < 4.78 is 7.14. The number of ether oxygens (including phenoxy) is 1. The molecule has 1 aliphatic heterocycles. The summed E-state index contributed by atoms with van der Waals surface area (Å²) in [6.07, 6.45) is 6.06. The fourth-order valence-corrected chi connectivity index (χ4v) is 4.78.